The number of allylic oxidation sites excluding steroid dienone is 1. The zero-order valence-corrected chi connectivity index (χ0v) is 10.6. The number of rotatable bonds is 3. The standard InChI is InChI=1S/C8H10Cl2N2O2S/c1-6-8(15(10,13)14)7(2)12(11-6)5-3-4-9/h3-4H,5H2,1-2H3/b4-3+. The summed E-state index contributed by atoms with van der Waals surface area (Å²) in [7, 11) is 1.55. The van der Waals surface area contributed by atoms with E-state index in [0.717, 1.165) is 0 Å². The largest absolute Gasteiger partial charge is 0.264 e. The number of hydrogen-bond acceptors (Lipinski definition) is 3. The van der Waals surface area contributed by atoms with Crippen molar-refractivity contribution in [1.82, 2.24) is 9.78 Å². The van der Waals surface area contributed by atoms with E-state index < -0.39 is 9.05 Å². The van der Waals surface area contributed by atoms with E-state index in [1.165, 1.54) is 10.2 Å². The van der Waals surface area contributed by atoms with Crippen molar-refractivity contribution in [3.63, 3.8) is 0 Å². The van der Waals surface area contributed by atoms with Crippen molar-refractivity contribution in [2.45, 2.75) is 25.3 Å². The van der Waals surface area contributed by atoms with Crippen molar-refractivity contribution in [1.29, 1.82) is 0 Å². The first kappa shape index (κ1) is 12.5. The molecule has 4 nitrogen and oxygen atoms in total. The summed E-state index contributed by atoms with van der Waals surface area (Å²) in [6.07, 6.45) is 1.66. The number of nitrogens with zero attached hydrogens (tertiary/aromatic N) is 2. The van der Waals surface area contributed by atoms with Gasteiger partial charge in [-0.3, -0.25) is 4.68 Å². The molecule has 1 aromatic heterocycles. The van der Waals surface area contributed by atoms with Crippen molar-refractivity contribution in [3.8, 4) is 0 Å². The lowest BCUT2D eigenvalue weighted by molar-refractivity contribution is 0.607. The van der Waals surface area contributed by atoms with Crippen LogP contribution < -0.4 is 0 Å². The molecule has 0 unspecified atom stereocenters. The molecule has 0 bridgehead atoms. The van der Waals surface area contributed by atoms with E-state index in [9.17, 15) is 8.42 Å². The van der Waals surface area contributed by atoms with Crippen LogP contribution in [-0.4, -0.2) is 18.2 Å². The summed E-state index contributed by atoms with van der Waals surface area (Å²) in [6, 6.07) is 0. The average Bonchev–Trinajstić information content (AvgIpc) is 2.36. The highest BCUT2D eigenvalue weighted by atomic mass is 35.7. The summed E-state index contributed by atoms with van der Waals surface area (Å²) < 4.78 is 24.0. The summed E-state index contributed by atoms with van der Waals surface area (Å²) in [5.74, 6) is 0. The van der Waals surface area contributed by atoms with Gasteiger partial charge in [-0.15, -0.1) is 0 Å². The van der Waals surface area contributed by atoms with E-state index in [2.05, 4.69) is 5.10 Å². The molecule has 1 rings (SSSR count). The second-order valence-corrected chi connectivity index (χ2v) is 5.74. The first-order valence-corrected chi connectivity index (χ1v) is 6.86. The van der Waals surface area contributed by atoms with Gasteiger partial charge in [0.2, 0.25) is 0 Å². The number of aromatic nitrogens is 2. The molecule has 84 valence electrons. The summed E-state index contributed by atoms with van der Waals surface area (Å²) in [4.78, 5) is 0.0761. The van der Waals surface area contributed by atoms with Crippen LogP contribution in [-0.2, 0) is 15.6 Å². The topological polar surface area (TPSA) is 52.0 Å². The van der Waals surface area contributed by atoms with Gasteiger partial charge in [-0.25, -0.2) is 8.42 Å². The van der Waals surface area contributed by atoms with Gasteiger partial charge in [0.25, 0.3) is 9.05 Å². The van der Waals surface area contributed by atoms with Crippen molar-refractivity contribution in [2.75, 3.05) is 0 Å². The lowest BCUT2D eigenvalue weighted by atomic mass is 10.4. The SMILES string of the molecule is Cc1nn(C/C=C/Cl)c(C)c1S(=O)(=O)Cl. The van der Waals surface area contributed by atoms with E-state index in [-0.39, 0.29) is 4.90 Å². The van der Waals surface area contributed by atoms with Crippen LogP contribution in [0, 0.1) is 13.8 Å². The molecule has 1 heterocycles. The van der Waals surface area contributed by atoms with Crippen LogP contribution in [0.5, 0.6) is 0 Å². The molecule has 0 N–H and O–H groups in total. The predicted molar refractivity (Wildman–Crippen MR) is 59.7 cm³/mol. The minimum absolute atomic E-state index is 0.0761. The highest BCUT2D eigenvalue weighted by molar-refractivity contribution is 8.13. The molecule has 0 radical (unpaired) electrons. The molecule has 15 heavy (non-hydrogen) atoms. The van der Waals surface area contributed by atoms with Crippen LogP contribution in [0.3, 0.4) is 0 Å². The molecule has 0 aliphatic heterocycles. The fourth-order valence-electron chi connectivity index (χ4n) is 1.35. The molecule has 0 aliphatic carbocycles. The van der Waals surface area contributed by atoms with Crippen molar-refractivity contribution in [3.05, 3.63) is 23.0 Å². The van der Waals surface area contributed by atoms with Gasteiger partial charge in [-0.1, -0.05) is 17.7 Å². The second-order valence-electron chi connectivity index (χ2n) is 2.98. The Hall–Kier alpha value is -0.520. The first-order chi connectivity index (χ1) is 6.88. The van der Waals surface area contributed by atoms with Gasteiger partial charge in [0, 0.05) is 16.2 Å². The van der Waals surface area contributed by atoms with Crippen molar-refractivity contribution >= 4 is 31.3 Å². The molecule has 0 atom stereocenters. The van der Waals surface area contributed by atoms with Gasteiger partial charge in [0.15, 0.2) is 0 Å². The zero-order valence-electron chi connectivity index (χ0n) is 8.24. The van der Waals surface area contributed by atoms with Gasteiger partial charge in [-0.05, 0) is 13.8 Å². The molecule has 0 spiro atoms. The second kappa shape index (κ2) is 4.55. The monoisotopic (exact) mass is 268 g/mol. The molecule has 7 heteroatoms. The van der Waals surface area contributed by atoms with Crippen LogP contribution >= 0.6 is 22.3 Å². The van der Waals surface area contributed by atoms with E-state index in [1.54, 1.807) is 19.9 Å². The molecular formula is C8H10Cl2N2O2S. The van der Waals surface area contributed by atoms with Crippen LogP contribution in [0.1, 0.15) is 11.4 Å². The lowest BCUT2D eigenvalue weighted by Crippen LogP contribution is -2.01. The summed E-state index contributed by atoms with van der Waals surface area (Å²) in [5.41, 5.74) is 2.26. The fraction of sp³-hybridized carbons (Fsp3) is 0.375. The maximum Gasteiger partial charge on any atom is 0.264 e. The summed E-state index contributed by atoms with van der Waals surface area (Å²) in [6.45, 7) is 3.67. The Labute approximate surface area is 97.9 Å². The smallest absolute Gasteiger partial charge is 0.264 e. The molecule has 0 amide bonds. The van der Waals surface area contributed by atoms with E-state index in [1.807, 2.05) is 0 Å². The maximum absolute atomic E-state index is 11.2. The van der Waals surface area contributed by atoms with Gasteiger partial charge < -0.3 is 0 Å². The third-order valence-electron chi connectivity index (χ3n) is 1.93. The molecular weight excluding hydrogens is 259 g/mol. The molecule has 0 fully saturated rings. The Bertz CT molecular complexity index is 491. The predicted octanol–water partition coefficient (Wildman–Crippen LogP) is 2.18. The fourth-order valence-corrected chi connectivity index (χ4v) is 2.95. The van der Waals surface area contributed by atoms with E-state index >= 15 is 0 Å². The quantitative estimate of drug-likeness (QED) is 0.790. The van der Waals surface area contributed by atoms with E-state index in [0.29, 0.717) is 17.9 Å². The summed E-state index contributed by atoms with van der Waals surface area (Å²) >= 11 is 5.37. The average molecular weight is 269 g/mol. The van der Waals surface area contributed by atoms with Crippen LogP contribution in [0.25, 0.3) is 0 Å². The van der Waals surface area contributed by atoms with E-state index in [4.69, 9.17) is 22.3 Å². The van der Waals surface area contributed by atoms with Crippen LogP contribution in [0.4, 0.5) is 0 Å². The number of aryl methyl sites for hydroxylation is 1. The van der Waals surface area contributed by atoms with Gasteiger partial charge in [0.05, 0.1) is 17.9 Å². The molecule has 0 saturated carbocycles. The van der Waals surface area contributed by atoms with Crippen molar-refractivity contribution in [2.24, 2.45) is 0 Å². The minimum atomic E-state index is -3.74. The van der Waals surface area contributed by atoms with Gasteiger partial charge >= 0.3 is 0 Å². The molecule has 0 aromatic carbocycles. The molecule has 0 saturated heterocycles. The number of hydrogen-bond donors (Lipinski definition) is 0. The maximum atomic E-state index is 11.2. The highest BCUT2D eigenvalue weighted by Gasteiger charge is 2.21. The van der Waals surface area contributed by atoms with Gasteiger partial charge in [-0.2, -0.15) is 5.10 Å². The normalized spacial score (nSPS) is 12.5. The summed E-state index contributed by atoms with van der Waals surface area (Å²) in [5, 5.41) is 4.06. The Kier molecular flexibility index (Phi) is 3.81. The number of halogens is 2. The Morgan fingerprint density at radius 2 is 2.07 bits per heavy atom. The first-order valence-electron chi connectivity index (χ1n) is 4.12. The van der Waals surface area contributed by atoms with Crippen LogP contribution in [0.15, 0.2) is 16.5 Å². The lowest BCUT2D eigenvalue weighted by Gasteiger charge is -1.99. The van der Waals surface area contributed by atoms with Crippen LogP contribution in [0.2, 0.25) is 0 Å². The Balaban J connectivity index is 3.27. The third kappa shape index (κ3) is 2.74. The molecule has 1 aromatic rings. The molecule has 0 aliphatic rings. The minimum Gasteiger partial charge on any atom is -0.264 e. The Morgan fingerprint density at radius 1 is 1.47 bits per heavy atom. The highest BCUT2D eigenvalue weighted by Crippen LogP contribution is 2.22. The third-order valence-corrected chi connectivity index (χ3v) is 3.65. The zero-order chi connectivity index (χ0) is 11.6. The Morgan fingerprint density at radius 3 is 2.47 bits per heavy atom. The van der Waals surface area contributed by atoms with Crippen molar-refractivity contribution < 1.29 is 8.42 Å². The van der Waals surface area contributed by atoms with Gasteiger partial charge in [0.1, 0.15) is 4.90 Å².